The van der Waals surface area contributed by atoms with Gasteiger partial charge < -0.3 is 9.64 Å². The fourth-order valence-electron chi connectivity index (χ4n) is 2.85. The number of carbonyl (C=O) groups excluding carboxylic acids is 1. The van der Waals surface area contributed by atoms with E-state index < -0.39 is 0 Å². The molecular weight excluding hydrogens is 254 g/mol. The van der Waals surface area contributed by atoms with Gasteiger partial charge in [0.2, 0.25) is 0 Å². The molecule has 1 aromatic rings. The van der Waals surface area contributed by atoms with Crippen molar-refractivity contribution in [3.63, 3.8) is 0 Å². The van der Waals surface area contributed by atoms with Crippen LogP contribution in [0.2, 0.25) is 0 Å². The molecule has 1 atom stereocenters. The SMILES string of the molecule is CO[C@@H]1CCN(C(=O)c2ccn(C(C)C)n2)CC1(C)C. The van der Waals surface area contributed by atoms with Gasteiger partial charge >= 0.3 is 0 Å². The van der Waals surface area contributed by atoms with Crippen LogP contribution in [0.15, 0.2) is 12.3 Å². The molecule has 2 heterocycles. The van der Waals surface area contributed by atoms with E-state index >= 15 is 0 Å². The van der Waals surface area contributed by atoms with Crippen LogP contribution in [0.25, 0.3) is 0 Å². The average Bonchev–Trinajstić information content (AvgIpc) is 2.86. The van der Waals surface area contributed by atoms with Gasteiger partial charge in [-0.3, -0.25) is 9.48 Å². The number of hydrogen-bond acceptors (Lipinski definition) is 3. The largest absolute Gasteiger partial charge is 0.381 e. The van der Waals surface area contributed by atoms with Crippen LogP contribution in [-0.2, 0) is 4.74 Å². The Bertz CT molecular complexity index is 479. The highest BCUT2D eigenvalue weighted by molar-refractivity contribution is 5.92. The number of rotatable bonds is 3. The van der Waals surface area contributed by atoms with Crippen molar-refractivity contribution in [3.8, 4) is 0 Å². The van der Waals surface area contributed by atoms with Crippen LogP contribution in [-0.4, -0.2) is 46.9 Å². The number of aromatic nitrogens is 2. The van der Waals surface area contributed by atoms with Crippen molar-refractivity contribution in [1.82, 2.24) is 14.7 Å². The van der Waals surface area contributed by atoms with Gasteiger partial charge in [-0.1, -0.05) is 13.8 Å². The zero-order valence-corrected chi connectivity index (χ0v) is 13.1. The molecule has 20 heavy (non-hydrogen) atoms. The Morgan fingerprint density at radius 1 is 1.50 bits per heavy atom. The van der Waals surface area contributed by atoms with E-state index in [0.29, 0.717) is 12.2 Å². The molecule has 5 heteroatoms. The van der Waals surface area contributed by atoms with E-state index in [1.807, 2.05) is 15.8 Å². The molecule has 0 aromatic carbocycles. The highest BCUT2D eigenvalue weighted by Gasteiger charge is 2.38. The van der Waals surface area contributed by atoms with Gasteiger partial charge in [0.15, 0.2) is 0 Å². The molecule has 112 valence electrons. The molecule has 1 fully saturated rings. The van der Waals surface area contributed by atoms with E-state index in [-0.39, 0.29) is 23.5 Å². The maximum Gasteiger partial charge on any atom is 0.274 e. The van der Waals surface area contributed by atoms with Crippen LogP contribution in [0.1, 0.15) is 50.6 Å². The van der Waals surface area contributed by atoms with Crippen LogP contribution in [0.4, 0.5) is 0 Å². The standard InChI is InChI=1S/C15H25N3O2/c1-11(2)18-9-6-12(16-18)14(19)17-8-7-13(20-5)15(3,4)10-17/h6,9,11,13H,7-8,10H2,1-5H3/t13-/m1/s1. The zero-order chi connectivity index (χ0) is 14.9. The van der Waals surface area contributed by atoms with Crippen LogP contribution in [0.5, 0.6) is 0 Å². The highest BCUT2D eigenvalue weighted by atomic mass is 16.5. The van der Waals surface area contributed by atoms with E-state index in [9.17, 15) is 4.79 Å². The second kappa shape index (κ2) is 5.56. The number of methoxy groups -OCH3 is 1. The molecule has 0 saturated carbocycles. The van der Waals surface area contributed by atoms with Gasteiger partial charge in [-0.2, -0.15) is 5.10 Å². The topological polar surface area (TPSA) is 47.4 Å². The van der Waals surface area contributed by atoms with Gasteiger partial charge in [-0.25, -0.2) is 0 Å². The summed E-state index contributed by atoms with van der Waals surface area (Å²) in [6.45, 7) is 9.83. The Labute approximate surface area is 120 Å². The summed E-state index contributed by atoms with van der Waals surface area (Å²) in [7, 11) is 1.74. The maximum atomic E-state index is 12.5. The number of carbonyl (C=O) groups is 1. The zero-order valence-electron chi connectivity index (χ0n) is 13.1. The third kappa shape index (κ3) is 2.87. The minimum Gasteiger partial charge on any atom is -0.381 e. The molecule has 1 saturated heterocycles. The number of amides is 1. The molecule has 1 aromatic heterocycles. The number of likely N-dealkylation sites (tertiary alicyclic amines) is 1. The van der Waals surface area contributed by atoms with Gasteiger partial charge in [0.05, 0.1) is 6.10 Å². The molecule has 0 N–H and O–H groups in total. The van der Waals surface area contributed by atoms with E-state index in [1.165, 1.54) is 0 Å². The summed E-state index contributed by atoms with van der Waals surface area (Å²) >= 11 is 0. The lowest BCUT2D eigenvalue weighted by Crippen LogP contribution is -2.51. The molecule has 0 radical (unpaired) electrons. The second-order valence-corrected chi connectivity index (χ2v) is 6.50. The van der Waals surface area contributed by atoms with Crippen LogP contribution >= 0.6 is 0 Å². The lowest BCUT2D eigenvalue weighted by atomic mass is 9.81. The Morgan fingerprint density at radius 3 is 2.70 bits per heavy atom. The fourth-order valence-corrected chi connectivity index (χ4v) is 2.85. The predicted octanol–water partition coefficient (Wildman–Crippen LogP) is 2.35. The van der Waals surface area contributed by atoms with Gasteiger partial charge in [0.25, 0.3) is 5.91 Å². The number of nitrogens with zero attached hydrogens (tertiary/aromatic N) is 3. The van der Waals surface area contributed by atoms with Crippen molar-refractivity contribution < 1.29 is 9.53 Å². The first kappa shape index (κ1) is 15.0. The summed E-state index contributed by atoms with van der Waals surface area (Å²) in [5.41, 5.74) is 0.508. The van der Waals surface area contributed by atoms with E-state index in [4.69, 9.17) is 4.74 Å². The van der Waals surface area contributed by atoms with Gasteiger partial charge in [0, 0.05) is 37.9 Å². The molecule has 1 aliphatic rings. The van der Waals surface area contributed by atoms with Crippen molar-refractivity contribution in [2.45, 2.75) is 46.3 Å². The molecule has 0 spiro atoms. The summed E-state index contributed by atoms with van der Waals surface area (Å²) in [5.74, 6) is 0.0204. The molecule has 0 unspecified atom stereocenters. The Kier molecular flexibility index (Phi) is 4.18. The first-order chi connectivity index (χ1) is 9.35. The van der Waals surface area contributed by atoms with Gasteiger partial charge in [-0.15, -0.1) is 0 Å². The summed E-state index contributed by atoms with van der Waals surface area (Å²) < 4.78 is 7.34. The summed E-state index contributed by atoms with van der Waals surface area (Å²) in [6, 6.07) is 2.07. The van der Waals surface area contributed by atoms with Crippen molar-refractivity contribution in [1.29, 1.82) is 0 Å². The van der Waals surface area contributed by atoms with Gasteiger partial charge in [0.1, 0.15) is 5.69 Å². The molecule has 0 aliphatic carbocycles. The summed E-state index contributed by atoms with van der Waals surface area (Å²) in [4.78, 5) is 14.4. The Balaban J connectivity index is 2.10. The number of ether oxygens (including phenoxy) is 1. The third-order valence-electron chi connectivity index (χ3n) is 4.06. The maximum absolute atomic E-state index is 12.5. The second-order valence-electron chi connectivity index (χ2n) is 6.50. The minimum absolute atomic E-state index is 0.0204. The average molecular weight is 279 g/mol. The van der Waals surface area contributed by atoms with Crippen LogP contribution < -0.4 is 0 Å². The fraction of sp³-hybridized carbons (Fsp3) is 0.733. The smallest absolute Gasteiger partial charge is 0.274 e. The summed E-state index contributed by atoms with van der Waals surface area (Å²) in [6.07, 6.45) is 2.95. The molecule has 1 aliphatic heterocycles. The highest BCUT2D eigenvalue weighted by Crippen LogP contribution is 2.31. The lowest BCUT2D eigenvalue weighted by Gasteiger charge is -2.43. The number of hydrogen-bond donors (Lipinski definition) is 0. The normalized spacial score (nSPS) is 22.3. The van der Waals surface area contributed by atoms with Crippen molar-refractivity contribution >= 4 is 5.91 Å². The van der Waals surface area contributed by atoms with Crippen molar-refractivity contribution in [2.75, 3.05) is 20.2 Å². The first-order valence-corrected chi connectivity index (χ1v) is 7.22. The van der Waals surface area contributed by atoms with E-state index in [2.05, 4.69) is 32.8 Å². The predicted molar refractivity (Wildman–Crippen MR) is 77.7 cm³/mol. The number of piperidine rings is 1. The van der Waals surface area contributed by atoms with Crippen molar-refractivity contribution in [3.05, 3.63) is 18.0 Å². The van der Waals surface area contributed by atoms with Crippen LogP contribution in [0, 0.1) is 5.41 Å². The molecule has 5 nitrogen and oxygen atoms in total. The van der Waals surface area contributed by atoms with Crippen molar-refractivity contribution in [2.24, 2.45) is 5.41 Å². The molecule has 2 rings (SSSR count). The quantitative estimate of drug-likeness (QED) is 0.853. The lowest BCUT2D eigenvalue weighted by molar-refractivity contribution is -0.0444. The molecule has 1 amide bonds. The summed E-state index contributed by atoms with van der Waals surface area (Å²) in [5, 5.41) is 4.37. The molecular formula is C15H25N3O2. The monoisotopic (exact) mass is 279 g/mol. The van der Waals surface area contributed by atoms with Gasteiger partial charge in [-0.05, 0) is 26.3 Å². The van der Waals surface area contributed by atoms with E-state index in [0.717, 1.165) is 13.0 Å². The third-order valence-corrected chi connectivity index (χ3v) is 4.06. The minimum atomic E-state index is -0.0245. The first-order valence-electron chi connectivity index (χ1n) is 7.22. The Hall–Kier alpha value is -1.36. The van der Waals surface area contributed by atoms with E-state index in [1.54, 1.807) is 13.2 Å². The molecule has 0 bridgehead atoms. The Morgan fingerprint density at radius 2 is 2.20 bits per heavy atom. The van der Waals surface area contributed by atoms with Crippen LogP contribution in [0.3, 0.4) is 0 Å².